The van der Waals surface area contributed by atoms with E-state index in [0.29, 0.717) is 16.2 Å². The van der Waals surface area contributed by atoms with E-state index in [0.717, 1.165) is 17.5 Å². The van der Waals surface area contributed by atoms with Crippen molar-refractivity contribution in [2.75, 3.05) is 0 Å². The Morgan fingerprint density at radius 1 is 1.10 bits per heavy atom. The van der Waals surface area contributed by atoms with E-state index in [1.165, 1.54) is 6.07 Å². The van der Waals surface area contributed by atoms with Gasteiger partial charge in [0.25, 0.3) is 0 Å². The van der Waals surface area contributed by atoms with Gasteiger partial charge in [-0.05, 0) is 29.8 Å². The third kappa shape index (κ3) is 2.67. The molecule has 0 atom stereocenters. The number of furan rings is 1. The van der Waals surface area contributed by atoms with Crippen LogP contribution in [0, 0.1) is 11.6 Å². The van der Waals surface area contributed by atoms with Crippen LogP contribution in [0.4, 0.5) is 8.78 Å². The predicted molar refractivity (Wildman–Crippen MR) is 75.6 cm³/mol. The summed E-state index contributed by atoms with van der Waals surface area (Å²) in [5.41, 5.74) is 0.818. The molecule has 0 unspecified atom stereocenters. The minimum Gasteiger partial charge on any atom is -0.451 e. The van der Waals surface area contributed by atoms with Crippen LogP contribution in [0.15, 0.2) is 46.9 Å². The standard InChI is InChI=1S/C16H9ClF2O2/c17-11-3-1-2-10-8-15(21-16(10)11)14(20)7-9-4-5-12(18)13(19)6-9/h1-6,8H,7H2. The van der Waals surface area contributed by atoms with Crippen LogP contribution in [0.5, 0.6) is 0 Å². The molecule has 2 nitrogen and oxygen atoms in total. The van der Waals surface area contributed by atoms with Gasteiger partial charge in [0.1, 0.15) is 0 Å². The molecule has 0 aliphatic heterocycles. The molecule has 0 aliphatic carbocycles. The number of carbonyl (C=O) groups excluding carboxylic acids is 1. The molecule has 0 radical (unpaired) electrons. The molecular weight excluding hydrogens is 298 g/mol. The van der Waals surface area contributed by atoms with Crippen molar-refractivity contribution in [2.24, 2.45) is 0 Å². The van der Waals surface area contributed by atoms with Crippen LogP contribution in [0.2, 0.25) is 5.02 Å². The molecule has 0 saturated carbocycles. The highest BCUT2D eigenvalue weighted by Gasteiger charge is 2.15. The van der Waals surface area contributed by atoms with E-state index < -0.39 is 11.6 Å². The lowest BCUT2D eigenvalue weighted by atomic mass is 10.1. The van der Waals surface area contributed by atoms with Crippen LogP contribution in [0.1, 0.15) is 16.1 Å². The Morgan fingerprint density at radius 2 is 1.90 bits per heavy atom. The van der Waals surface area contributed by atoms with E-state index in [1.54, 1.807) is 24.3 Å². The van der Waals surface area contributed by atoms with E-state index in [4.69, 9.17) is 16.0 Å². The SMILES string of the molecule is O=C(Cc1ccc(F)c(F)c1)c1cc2cccc(Cl)c2o1. The maximum absolute atomic E-state index is 13.1. The van der Waals surface area contributed by atoms with Crippen molar-refractivity contribution in [1.82, 2.24) is 0 Å². The van der Waals surface area contributed by atoms with Crippen molar-refractivity contribution < 1.29 is 18.0 Å². The second-order valence-corrected chi connectivity index (χ2v) is 5.02. The summed E-state index contributed by atoms with van der Waals surface area (Å²) in [6, 6.07) is 10.1. The number of carbonyl (C=O) groups is 1. The summed E-state index contributed by atoms with van der Waals surface area (Å²) < 4.78 is 31.4. The maximum Gasteiger partial charge on any atom is 0.202 e. The lowest BCUT2D eigenvalue weighted by molar-refractivity contribution is 0.0968. The van der Waals surface area contributed by atoms with Crippen molar-refractivity contribution in [1.29, 1.82) is 0 Å². The summed E-state index contributed by atoms with van der Waals surface area (Å²) in [4.78, 5) is 12.1. The molecule has 2 aromatic carbocycles. The molecule has 0 N–H and O–H groups in total. The van der Waals surface area contributed by atoms with Gasteiger partial charge in [-0.1, -0.05) is 29.8 Å². The molecule has 1 aromatic heterocycles. The average Bonchev–Trinajstić information content (AvgIpc) is 2.89. The van der Waals surface area contributed by atoms with E-state index >= 15 is 0 Å². The molecule has 0 bridgehead atoms. The van der Waals surface area contributed by atoms with Crippen LogP contribution >= 0.6 is 11.6 Å². The summed E-state index contributed by atoms with van der Waals surface area (Å²) in [6.07, 6.45) is -0.0748. The van der Waals surface area contributed by atoms with Gasteiger partial charge in [0.15, 0.2) is 23.0 Å². The molecule has 3 aromatic rings. The summed E-state index contributed by atoms with van der Waals surface area (Å²) in [7, 11) is 0. The Bertz CT molecular complexity index is 839. The maximum atomic E-state index is 13.1. The lowest BCUT2D eigenvalue weighted by Gasteiger charge is -2.00. The second kappa shape index (κ2) is 5.30. The normalized spacial score (nSPS) is 11.0. The van der Waals surface area contributed by atoms with Gasteiger partial charge < -0.3 is 4.42 Å². The average molecular weight is 307 g/mol. The Labute approximate surface area is 123 Å². The number of hydrogen-bond acceptors (Lipinski definition) is 2. The number of benzene rings is 2. The summed E-state index contributed by atoms with van der Waals surface area (Å²) in [6.45, 7) is 0. The first-order chi connectivity index (χ1) is 10.0. The highest BCUT2D eigenvalue weighted by atomic mass is 35.5. The van der Waals surface area contributed by atoms with Crippen LogP contribution < -0.4 is 0 Å². The Kier molecular flexibility index (Phi) is 3.47. The zero-order valence-electron chi connectivity index (χ0n) is 10.7. The minimum atomic E-state index is -0.979. The molecule has 0 aliphatic rings. The largest absolute Gasteiger partial charge is 0.451 e. The van der Waals surface area contributed by atoms with Crippen LogP contribution in [0.25, 0.3) is 11.0 Å². The number of ketones is 1. The van der Waals surface area contributed by atoms with E-state index in [2.05, 4.69) is 0 Å². The summed E-state index contributed by atoms with van der Waals surface area (Å²) >= 11 is 5.98. The number of para-hydroxylation sites is 1. The van der Waals surface area contributed by atoms with E-state index in [-0.39, 0.29) is 18.0 Å². The van der Waals surface area contributed by atoms with Crippen LogP contribution in [-0.4, -0.2) is 5.78 Å². The first kappa shape index (κ1) is 13.8. The molecule has 21 heavy (non-hydrogen) atoms. The second-order valence-electron chi connectivity index (χ2n) is 4.62. The number of halogens is 3. The monoisotopic (exact) mass is 306 g/mol. The van der Waals surface area contributed by atoms with Gasteiger partial charge in [-0.15, -0.1) is 0 Å². The van der Waals surface area contributed by atoms with Gasteiger partial charge in [0, 0.05) is 11.8 Å². The molecule has 106 valence electrons. The van der Waals surface area contributed by atoms with Crippen molar-refractivity contribution in [3.8, 4) is 0 Å². The van der Waals surface area contributed by atoms with Gasteiger partial charge in [-0.25, -0.2) is 8.78 Å². The fourth-order valence-corrected chi connectivity index (χ4v) is 2.31. The topological polar surface area (TPSA) is 30.2 Å². The van der Waals surface area contributed by atoms with Crippen molar-refractivity contribution >= 4 is 28.4 Å². The predicted octanol–water partition coefficient (Wildman–Crippen LogP) is 4.79. The zero-order chi connectivity index (χ0) is 15.0. The third-order valence-corrected chi connectivity index (χ3v) is 3.42. The molecule has 0 amide bonds. The molecule has 0 fully saturated rings. The van der Waals surface area contributed by atoms with Crippen molar-refractivity contribution in [2.45, 2.75) is 6.42 Å². The highest BCUT2D eigenvalue weighted by Crippen LogP contribution is 2.27. The van der Waals surface area contributed by atoms with Gasteiger partial charge in [-0.3, -0.25) is 4.79 Å². The Balaban J connectivity index is 1.90. The Morgan fingerprint density at radius 3 is 2.62 bits per heavy atom. The first-order valence-electron chi connectivity index (χ1n) is 6.20. The van der Waals surface area contributed by atoms with Gasteiger partial charge in [-0.2, -0.15) is 0 Å². The smallest absolute Gasteiger partial charge is 0.202 e. The minimum absolute atomic E-state index is 0.0748. The van der Waals surface area contributed by atoms with Crippen molar-refractivity contribution in [3.63, 3.8) is 0 Å². The molecule has 0 saturated heterocycles. The number of rotatable bonds is 3. The molecular formula is C16H9ClF2O2. The fraction of sp³-hybridized carbons (Fsp3) is 0.0625. The van der Waals surface area contributed by atoms with Crippen molar-refractivity contribution in [3.05, 3.63) is 70.4 Å². The first-order valence-corrected chi connectivity index (χ1v) is 6.57. The van der Waals surface area contributed by atoms with Crippen LogP contribution in [0.3, 0.4) is 0 Å². The number of fused-ring (bicyclic) bond motifs is 1. The number of hydrogen-bond donors (Lipinski definition) is 0. The van der Waals surface area contributed by atoms with Gasteiger partial charge in [0.05, 0.1) is 5.02 Å². The quantitative estimate of drug-likeness (QED) is 0.651. The Hall–Kier alpha value is -2.20. The zero-order valence-corrected chi connectivity index (χ0v) is 11.5. The van der Waals surface area contributed by atoms with Crippen LogP contribution in [-0.2, 0) is 6.42 Å². The van der Waals surface area contributed by atoms with E-state index in [1.807, 2.05) is 0 Å². The number of Topliss-reactive ketones (excluding diaryl/α,β-unsaturated/α-hetero) is 1. The lowest BCUT2D eigenvalue weighted by Crippen LogP contribution is -2.02. The molecule has 3 rings (SSSR count). The molecule has 1 heterocycles. The molecule has 0 spiro atoms. The molecule has 5 heteroatoms. The third-order valence-electron chi connectivity index (χ3n) is 3.12. The fourth-order valence-electron chi connectivity index (χ4n) is 2.09. The highest BCUT2D eigenvalue weighted by molar-refractivity contribution is 6.34. The summed E-state index contributed by atoms with van der Waals surface area (Å²) in [5.74, 6) is -2.11. The van der Waals surface area contributed by atoms with E-state index in [9.17, 15) is 13.6 Å². The van der Waals surface area contributed by atoms with Gasteiger partial charge in [0.2, 0.25) is 5.78 Å². The summed E-state index contributed by atoms with van der Waals surface area (Å²) in [5, 5.41) is 1.13. The van der Waals surface area contributed by atoms with Gasteiger partial charge >= 0.3 is 0 Å².